The SMILES string of the molecule is CC1CC(N(C)C)C(C(=O)O)CN1. The van der Waals surface area contributed by atoms with Gasteiger partial charge in [0.25, 0.3) is 0 Å². The number of carboxylic acids is 1. The van der Waals surface area contributed by atoms with Crippen LogP contribution in [-0.4, -0.2) is 48.7 Å². The molecule has 0 aromatic rings. The van der Waals surface area contributed by atoms with Crippen molar-refractivity contribution in [1.82, 2.24) is 10.2 Å². The number of hydrogen-bond acceptors (Lipinski definition) is 3. The largest absolute Gasteiger partial charge is 0.481 e. The van der Waals surface area contributed by atoms with Crippen LogP contribution in [0.2, 0.25) is 0 Å². The Hall–Kier alpha value is -0.610. The van der Waals surface area contributed by atoms with E-state index in [0.29, 0.717) is 12.6 Å². The van der Waals surface area contributed by atoms with Crippen molar-refractivity contribution in [3.05, 3.63) is 0 Å². The maximum absolute atomic E-state index is 10.9. The van der Waals surface area contributed by atoms with E-state index in [9.17, 15) is 4.79 Å². The number of carboxylic acid groups (broad SMARTS) is 1. The molecule has 0 aliphatic carbocycles. The standard InChI is InChI=1S/C9H18N2O2/c1-6-4-8(11(2)3)7(5-10-6)9(12)13/h6-8,10H,4-5H2,1-3H3,(H,12,13). The molecular weight excluding hydrogens is 168 g/mol. The third-order valence-electron chi connectivity index (χ3n) is 2.73. The van der Waals surface area contributed by atoms with Gasteiger partial charge in [0.05, 0.1) is 5.92 Å². The summed E-state index contributed by atoms with van der Waals surface area (Å²) < 4.78 is 0. The van der Waals surface area contributed by atoms with E-state index in [1.54, 1.807) is 0 Å². The van der Waals surface area contributed by atoms with Crippen molar-refractivity contribution in [3.8, 4) is 0 Å². The van der Waals surface area contributed by atoms with Crippen LogP contribution in [0.1, 0.15) is 13.3 Å². The predicted molar refractivity (Wildman–Crippen MR) is 50.7 cm³/mol. The molecule has 1 fully saturated rings. The lowest BCUT2D eigenvalue weighted by atomic mass is 9.89. The molecule has 0 spiro atoms. The van der Waals surface area contributed by atoms with Gasteiger partial charge in [-0.05, 0) is 27.4 Å². The number of nitrogens with zero attached hydrogens (tertiary/aromatic N) is 1. The smallest absolute Gasteiger partial charge is 0.309 e. The Morgan fingerprint density at radius 3 is 2.62 bits per heavy atom. The van der Waals surface area contributed by atoms with E-state index in [1.165, 1.54) is 0 Å². The molecule has 0 radical (unpaired) electrons. The summed E-state index contributed by atoms with van der Waals surface area (Å²) in [6.07, 6.45) is 0.907. The molecule has 1 rings (SSSR count). The average molecular weight is 186 g/mol. The average Bonchev–Trinajstić information content (AvgIpc) is 2.03. The third kappa shape index (κ3) is 2.42. The molecule has 4 nitrogen and oxygen atoms in total. The second kappa shape index (κ2) is 4.07. The van der Waals surface area contributed by atoms with Gasteiger partial charge < -0.3 is 15.3 Å². The molecule has 1 aliphatic heterocycles. The number of aliphatic carboxylic acids is 1. The Labute approximate surface area is 78.9 Å². The van der Waals surface area contributed by atoms with Crippen molar-refractivity contribution in [2.75, 3.05) is 20.6 Å². The van der Waals surface area contributed by atoms with Crippen molar-refractivity contribution >= 4 is 5.97 Å². The molecule has 13 heavy (non-hydrogen) atoms. The third-order valence-corrected chi connectivity index (χ3v) is 2.73. The molecule has 0 bridgehead atoms. The molecule has 4 heteroatoms. The summed E-state index contributed by atoms with van der Waals surface area (Å²) in [6.45, 7) is 2.67. The van der Waals surface area contributed by atoms with E-state index >= 15 is 0 Å². The summed E-state index contributed by atoms with van der Waals surface area (Å²) in [7, 11) is 3.89. The van der Waals surface area contributed by atoms with Crippen LogP contribution in [0.3, 0.4) is 0 Å². The van der Waals surface area contributed by atoms with Gasteiger partial charge in [0.15, 0.2) is 0 Å². The molecule has 3 atom stereocenters. The van der Waals surface area contributed by atoms with Crippen LogP contribution in [0.5, 0.6) is 0 Å². The maximum atomic E-state index is 10.9. The molecule has 2 N–H and O–H groups in total. The van der Waals surface area contributed by atoms with Gasteiger partial charge in [-0.25, -0.2) is 0 Å². The molecule has 1 heterocycles. The first-order valence-corrected chi connectivity index (χ1v) is 4.65. The molecule has 0 amide bonds. The van der Waals surface area contributed by atoms with Crippen LogP contribution in [-0.2, 0) is 4.79 Å². The maximum Gasteiger partial charge on any atom is 0.309 e. The van der Waals surface area contributed by atoms with Gasteiger partial charge in [0.2, 0.25) is 0 Å². The molecule has 3 unspecified atom stereocenters. The normalized spacial score (nSPS) is 34.9. The first-order chi connectivity index (χ1) is 6.02. The van der Waals surface area contributed by atoms with Crippen molar-refractivity contribution in [2.24, 2.45) is 5.92 Å². The van der Waals surface area contributed by atoms with Gasteiger partial charge in [0, 0.05) is 18.6 Å². The highest BCUT2D eigenvalue weighted by Gasteiger charge is 2.34. The molecule has 1 saturated heterocycles. The molecule has 0 saturated carbocycles. The molecule has 1 aliphatic rings. The lowest BCUT2D eigenvalue weighted by molar-refractivity contribution is -0.144. The minimum Gasteiger partial charge on any atom is -0.481 e. The van der Waals surface area contributed by atoms with E-state index in [2.05, 4.69) is 12.2 Å². The van der Waals surface area contributed by atoms with Crippen molar-refractivity contribution < 1.29 is 9.90 Å². The summed E-state index contributed by atoms with van der Waals surface area (Å²) in [6, 6.07) is 0.580. The highest BCUT2D eigenvalue weighted by Crippen LogP contribution is 2.19. The zero-order valence-electron chi connectivity index (χ0n) is 8.45. The Morgan fingerprint density at radius 2 is 2.15 bits per heavy atom. The zero-order valence-corrected chi connectivity index (χ0v) is 8.45. The van der Waals surface area contributed by atoms with Crippen LogP contribution in [0.15, 0.2) is 0 Å². The van der Waals surface area contributed by atoms with Crippen LogP contribution >= 0.6 is 0 Å². The van der Waals surface area contributed by atoms with Gasteiger partial charge in [-0.1, -0.05) is 0 Å². The first kappa shape index (κ1) is 10.5. The van der Waals surface area contributed by atoms with E-state index in [0.717, 1.165) is 6.42 Å². The number of carbonyl (C=O) groups is 1. The summed E-state index contributed by atoms with van der Waals surface area (Å²) in [5.41, 5.74) is 0. The Morgan fingerprint density at radius 1 is 1.54 bits per heavy atom. The van der Waals surface area contributed by atoms with Gasteiger partial charge >= 0.3 is 5.97 Å². The van der Waals surface area contributed by atoms with Crippen molar-refractivity contribution in [3.63, 3.8) is 0 Å². The Bertz CT molecular complexity index is 194. The molecule has 0 aromatic carbocycles. The minimum atomic E-state index is -0.696. The van der Waals surface area contributed by atoms with Crippen molar-refractivity contribution in [1.29, 1.82) is 0 Å². The minimum absolute atomic E-state index is 0.161. The summed E-state index contributed by atoms with van der Waals surface area (Å²) >= 11 is 0. The van der Waals surface area contributed by atoms with Crippen LogP contribution in [0, 0.1) is 5.92 Å². The highest BCUT2D eigenvalue weighted by atomic mass is 16.4. The second-order valence-corrected chi connectivity index (χ2v) is 4.02. The van der Waals surface area contributed by atoms with E-state index in [1.807, 2.05) is 19.0 Å². The number of rotatable bonds is 2. The highest BCUT2D eigenvalue weighted by molar-refractivity contribution is 5.71. The number of hydrogen-bond donors (Lipinski definition) is 2. The zero-order chi connectivity index (χ0) is 10.0. The second-order valence-electron chi connectivity index (χ2n) is 4.02. The van der Waals surface area contributed by atoms with Crippen LogP contribution < -0.4 is 5.32 Å². The summed E-state index contributed by atoms with van der Waals surface area (Å²) in [5.74, 6) is -0.968. The fourth-order valence-electron chi connectivity index (χ4n) is 1.90. The van der Waals surface area contributed by atoms with Crippen LogP contribution in [0.25, 0.3) is 0 Å². The number of nitrogens with one attached hydrogen (secondary N) is 1. The predicted octanol–water partition coefficient (Wildman–Crippen LogP) is -0.000800. The topological polar surface area (TPSA) is 52.6 Å². The molecule has 76 valence electrons. The summed E-state index contributed by atoms with van der Waals surface area (Å²) in [5, 5.41) is 12.2. The van der Waals surface area contributed by atoms with E-state index in [-0.39, 0.29) is 12.0 Å². The van der Waals surface area contributed by atoms with Gasteiger partial charge in [0.1, 0.15) is 0 Å². The van der Waals surface area contributed by atoms with Gasteiger partial charge in [-0.3, -0.25) is 4.79 Å². The molecule has 0 aromatic heterocycles. The summed E-state index contributed by atoms with van der Waals surface area (Å²) in [4.78, 5) is 12.9. The monoisotopic (exact) mass is 186 g/mol. The number of piperidine rings is 1. The molecular formula is C9H18N2O2. The quantitative estimate of drug-likeness (QED) is 0.637. The fraction of sp³-hybridized carbons (Fsp3) is 0.889. The van der Waals surface area contributed by atoms with Crippen LogP contribution in [0.4, 0.5) is 0 Å². The van der Waals surface area contributed by atoms with Crippen molar-refractivity contribution in [2.45, 2.75) is 25.4 Å². The fourth-order valence-corrected chi connectivity index (χ4v) is 1.90. The van der Waals surface area contributed by atoms with Gasteiger partial charge in [-0.2, -0.15) is 0 Å². The lowest BCUT2D eigenvalue weighted by Gasteiger charge is -2.37. The lowest BCUT2D eigenvalue weighted by Crippen LogP contribution is -2.53. The first-order valence-electron chi connectivity index (χ1n) is 4.65. The van der Waals surface area contributed by atoms with E-state index in [4.69, 9.17) is 5.11 Å². The van der Waals surface area contributed by atoms with E-state index < -0.39 is 5.97 Å². The van der Waals surface area contributed by atoms with Gasteiger partial charge in [-0.15, -0.1) is 0 Å². The Balaban J connectivity index is 2.66. The Kier molecular flexibility index (Phi) is 3.27.